The fourth-order valence-corrected chi connectivity index (χ4v) is 4.89. The Morgan fingerprint density at radius 3 is 2.50 bits per heavy atom. The average Bonchev–Trinajstić information content (AvgIpc) is 3.35. The SMILES string of the molecule is Cc1ccccc1-n1cnnc1SCC(=O)N1CCN(C(=O)C2COc3ccccc3O2)CC1. The maximum absolute atomic E-state index is 12.9. The summed E-state index contributed by atoms with van der Waals surface area (Å²) in [5.41, 5.74) is 2.10. The Balaban J connectivity index is 1.13. The predicted octanol–water partition coefficient (Wildman–Crippen LogP) is 2.18. The van der Waals surface area contributed by atoms with Gasteiger partial charge in [-0.3, -0.25) is 14.2 Å². The van der Waals surface area contributed by atoms with Gasteiger partial charge in [-0.05, 0) is 30.7 Å². The van der Waals surface area contributed by atoms with Gasteiger partial charge in [0.05, 0.1) is 11.4 Å². The molecule has 0 bridgehead atoms. The van der Waals surface area contributed by atoms with E-state index in [9.17, 15) is 9.59 Å². The van der Waals surface area contributed by atoms with Gasteiger partial charge in [0.15, 0.2) is 16.7 Å². The van der Waals surface area contributed by atoms with Crippen molar-refractivity contribution in [3.63, 3.8) is 0 Å². The van der Waals surface area contributed by atoms with E-state index in [0.29, 0.717) is 42.8 Å². The van der Waals surface area contributed by atoms with Gasteiger partial charge < -0.3 is 19.3 Å². The fraction of sp³-hybridized carbons (Fsp3) is 0.333. The summed E-state index contributed by atoms with van der Waals surface area (Å²) in [5.74, 6) is 1.40. The maximum atomic E-state index is 12.9. The van der Waals surface area contributed by atoms with Gasteiger partial charge in [-0.2, -0.15) is 0 Å². The second-order valence-electron chi connectivity index (χ2n) is 8.13. The quantitative estimate of drug-likeness (QED) is 0.518. The molecular weight excluding hydrogens is 454 g/mol. The Hall–Kier alpha value is -3.53. The summed E-state index contributed by atoms with van der Waals surface area (Å²) in [6.45, 7) is 4.12. The average molecular weight is 480 g/mol. The number of nitrogens with zero attached hydrogens (tertiary/aromatic N) is 5. The van der Waals surface area contributed by atoms with E-state index in [2.05, 4.69) is 10.2 Å². The van der Waals surface area contributed by atoms with Crippen LogP contribution in [0.15, 0.2) is 60.0 Å². The Bertz CT molecular complexity index is 1190. The van der Waals surface area contributed by atoms with Gasteiger partial charge in [-0.15, -0.1) is 10.2 Å². The molecule has 1 fully saturated rings. The lowest BCUT2D eigenvalue weighted by Crippen LogP contribution is -2.55. The van der Waals surface area contributed by atoms with Crippen LogP contribution >= 0.6 is 11.8 Å². The van der Waals surface area contributed by atoms with Crippen LogP contribution in [0.2, 0.25) is 0 Å². The third-order valence-electron chi connectivity index (χ3n) is 5.94. The van der Waals surface area contributed by atoms with Crippen LogP contribution in [-0.2, 0) is 9.59 Å². The first-order chi connectivity index (χ1) is 16.6. The lowest BCUT2D eigenvalue weighted by atomic mass is 10.2. The predicted molar refractivity (Wildman–Crippen MR) is 126 cm³/mol. The van der Waals surface area contributed by atoms with Crippen molar-refractivity contribution >= 4 is 23.6 Å². The van der Waals surface area contributed by atoms with Gasteiger partial charge in [-0.1, -0.05) is 42.1 Å². The normalized spacial score (nSPS) is 17.5. The molecule has 9 nitrogen and oxygen atoms in total. The number of amides is 2. The Morgan fingerprint density at radius 1 is 1.00 bits per heavy atom. The van der Waals surface area contributed by atoms with Crippen molar-refractivity contribution in [2.75, 3.05) is 38.5 Å². The molecule has 2 aliphatic rings. The number of thioether (sulfide) groups is 1. The van der Waals surface area contributed by atoms with Crippen molar-refractivity contribution in [2.45, 2.75) is 18.2 Å². The molecule has 176 valence electrons. The third-order valence-corrected chi connectivity index (χ3v) is 6.87. The molecule has 1 aromatic heterocycles. The number of aryl methyl sites for hydroxylation is 1. The molecule has 2 aromatic carbocycles. The van der Waals surface area contributed by atoms with Gasteiger partial charge in [0.25, 0.3) is 5.91 Å². The topological polar surface area (TPSA) is 89.8 Å². The minimum Gasteiger partial charge on any atom is -0.485 e. The molecule has 0 saturated carbocycles. The van der Waals surface area contributed by atoms with E-state index in [-0.39, 0.29) is 24.2 Å². The number of ether oxygens (including phenoxy) is 2. The van der Waals surface area contributed by atoms with Crippen LogP contribution in [-0.4, -0.2) is 81.0 Å². The highest BCUT2D eigenvalue weighted by atomic mass is 32.2. The number of hydrogen-bond donors (Lipinski definition) is 0. The van der Waals surface area contributed by atoms with Crippen molar-refractivity contribution in [3.8, 4) is 17.2 Å². The summed E-state index contributed by atoms with van der Waals surface area (Å²) >= 11 is 1.36. The van der Waals surface area contributed by atoms with Crippen molar-refractivity contribution in [1.82, 2.24) is 24.6 Å². The summed E-state index contributed by atoms with van der Waals surface area (Å²) < 4.78 is 13.4. The fourth-order valence-electron chi connectivity index (χ4n) is 4.06. The van der Waals surface area contributed by atoms with Crippen LogP contribution in [0.25, 0.3) is 5.69 Å². The molecule has 1 unspecified atom stereocenters. The lowest BCUT2D eigenvalue weighted by molar-refractivity contribution is -0.145. The highest BCUT2D eigenvalue weighted by Gasteiger charge is 2.33. The number of piperazine rings is 1. The molecular formula is C24H25N5O4S. The van der Waals surface area contributed by atoms with E-state index >= 15 is 0 Å². The molecule has 2 amide bonds. The van der Waals surface area contributed by atoms with Gasteiger partial charge in [0.2, 0.25) is 12.0 Å². The number of benzene rings is 2. The van der Waals surface area contributed by atoms with Crippen LogP contribution in [0, 0.1) is 6.92 Å². The monoisotopic (exact) mass is 479 g/mol. The minimum atomic E-state index is -0.666. The van der Waals surface area contributed by atoms with Crippen LogP contribution in [0.1, 0.15) is 5.56 Å². The van der Waals surface area contributed by atoms with Gasteiger partial charge in [0.1, 0.15) is 12.9 Å². The van der Waals surface area contributed by atoms with E-state index in [0.717, 1.165) is 11.3 Å². The summed E-state index contributed by atoms with van der Waals surface area (Å²) in [6, 6.07) is 15.3. The zero-order chi connectivity index (χ0) is 23.5. The molecule has 10 heteroatoms. The van der Waals surface area contributed by atoms with Gasteiger partial charge >= 0.3 is 0 Å². The van der Waals surface area contributed by atoms with Crippen LogP contribution in [0.3, 0.4) is 0 Å². The number of carbonyl (C=O) groups excluding carboxylic acids is 2. The number of rotatable bonds is 5. The smallest absolute Gasteiger partial charge is 0.267 e. The molecule has 34 heavy (non-hydrogen) atoms. The van der Waals surface area contributed by atoms with Crippen molar-refractivity contribution in [2.24, 2.45) is 0 Å². The van der Waals surface area contributed by atoms with Crippen molar-refractivity contribution < 1.29 is 19.1 Å². The van der Waals surface area contributed by atoms with E-state index < -0.39 is 6.10 Å². The molecule has 0 N–H and O–H groups in total. The Kier molecular flexibility index (Phi) is 6.39. The first kappa shape index (κ1) is 22.3. The van der Waals surface area contributed by atoms with E-state index in [1.54, 1.807) is 22.2 Å². The largest absolute Gasteiger partial charge is 0.485 e. The molecule has 1 saturated heterocycles. The second-order valence-corrected chi connectivity index (χ2v) is 9.07. The number of fused-ring (bicyclic) bond motifs is 1. The Morgan fingerprint density at radius 2 is 1.71 bits per heavy atom. The lowest BCUT2D eigenvalue weighted by Gasteiger charge is -2.37. The minimum absolute atomic E-state index is 0.0163. The van der Waals surface area contributed by atoms with E-state index in [1.165, 1.54) is 11.8 Å². The van der Waals surface area contributed by atoms with Crippen LogP contribution in [0.4, 0.5) is 0 Å². The van der Waals surface area contributed by atoms with Crippen LogP contribution < -0.4 is 9.47 Å². The number of carbonyl (C=O) groups is 2. The molecule has 3 aromatic rings. The van der Waals surface area contributed by atoms with Crippen molar-refractivity contribution in [3.05, 3.63) is 60.4 Å². The summed E-state index contributed by atoms with van der Waals surface area (Å²) in [4.78, 5) is 29.3. The Labute approximate surface area is 201 Å². The first-order valence-corrected chi connectivity index (χ1v) is 12.1. The molecule has 2 aliphatic heterocycles. The molecule has 0 aliphatic carbocycles. The zero-order valence-corrected chi connectivity index (χ0v) is 19.6. The molecule has 1 atom stereocenters. The van der Waals surface area contributed by atoms with Gasteiger partial charge in [-0.25, -0.2) is 0 Å². The second kappa shape index (κ2) is 9.76. The number of aromatic nitrogens is 3. The van der Waals surface area contributed by atoms with E-state index in [1.807, 2.05) is 54.0 Å². The molecule has 0 radical (unpaired) electrons. The number of hydrogen-bond acceptors (Lipinski definition) is 7. The summed E-state index contributed by atoms with van der Waals surface area (Å²) in [7, 11) is 0. The summed E-state index contributed by atoms with van der Waals surface area (Å²) in [5, 5.41) is 8.87. The number of para-hydroxylation sites is 3. The highest BCUT2D eigenvalue weighted by molar-refractivity contribution is 7.99. The zero-order valence-electron chi connectivity index (χ0n) is 18.8. The van der Waals surface area contributed by atoms with Crippen molar-refractivity contribution in [1.29, 1.82) is 0 Å². The first-order valence-electron chi connectivity index (χ1n) is 11.1. The van der Waals surface area contributed by atoms with Crippen LogP contribution in [0.5, 0.6) is 11.5 Å². The van der Waals surface area contributed by atoms with Gasteiger partial charge in [0, 0.05) is 26.2 Å². The maximum Gasteiger partial charge on any atom is 0.267 e. The standard InChI is InChI=1S/C24H25N5O4S/c1-17-6-2-3-7-18(17)29-16-25-26-24(29)34-15-22(30)27-10-12-28(13-11-27)23(31)21-14-32-19-8-4-5-9-20(19)33-21/h2-9,16,21H,10-15H2,1H3. The molecule has 5 rings (SSSR count). The third kappa shape index (κ3) is 4.58. The molecule has 3 heterocycles. The summed E-state index contributed by atoms with van der Waals surface area (Å²) in [6.07, 6.45) is 0.995. The van der Waals surface area contributed by atoms with E-state index in [4.69, 9.17) is 9.47 Å². The highest BCUT2D eigenvalue weighted by Crippen LogP contribution is 2.31. The molecule has 0 spiro atoms.